The van der Waals surface area contributed by atoms with Crippen molar-refractivity contribution in [1.82, 2.24) is 9.97 Å². The predicted octanol–water partition coefficient (Wildman–Crippen LogP) is 3.40. The van der Waals surface area contributed by atoms with Gasteiger partial charge in [-0.3, -0.25) is 10.1 Å². The van der Waals surface area contributed by atoms with Crippen molar-refractivity contribution in [2.24, 2.45) is 0 Å². The molecule has 1 heterocycles. The zero-order valence-corrected chi connectivity index (χ0v) is 11.3. The van der Waals surface area contributed by atoms with Gasteiger partial charge in [0.15, 0.2) is 0 Å². The molecule has 2 aromatic carbocycles. The fourth-order valence-corrected chi connectivity index (χ4v) is 2.23. The fourth-order valence-electron chi connectivity index (χ4n) is 2.01. The highest BCUT2D eigenvalue weighted by atomic mass is 35.5. The number of fused-ring (bicyclic) bond motifs is 1. The summed E-state index contributed by atoms with van der Waals surface area (Å²) < 4.78 is 0. The summed E-state index contributed by atoms with van der Waals surface area (Å²) in [4.78, 5) is 19.2. The number of nitrogens with one attached hydrogen (secondary N) is 2. The Bertz CT molecular complexity index is 752. The van der Waals surface area contributed by atoms with Crippen LogP contribution in [0.2, 0.25) is 5.02 Å². The molecule has 1 aromatic heterocycles. The number of amides is 1. The maximum Gasteiger partial charge on any atom is 0.231 e. The van der Waals surface area contributed by atoms with E-state index in [-0.39, 0.29) is 5.91 Å². The standard InChI is InChI=1S/C15H12ClN3O/c16-11-7-4-8-12-14(11)19-15(17-12)18-13(20)9-10-5-2-1-3-6-10/h1-8H,9H2,(H2,17,18,19,20). The fraction of sp³-hybridized carbons (Fsp3) is 0.0667. The first-order valence-corrected chi connectivity index (χ1v) is 6.58. The second-order valence-corrected chi connectivity index (χ2v) is 4.84. The summed E-state index contributed by atoms with van der Waals surface area (Å²) >= 11 is 6.04. The number of carbonyl (C=O) groups is 1. The molecule has 0 unspecified atom stereocenters. The van der Waals surface area contributed by atoms with Gasteiger partial charge in [0.05, 0.1) is 17.0 Å². The van der Waals surface area contributed by atoms with Gasteiger partial charge in [-0.2, -0.15) is 0 Å². The van der Waals surface area contributed by atoms with Gasteiger partial charge in [-0.15, -0.1) is 0 Å². The second kappa shape index (κ2) is 5.35. The number of carbonyl (C=O) groups excluding carboxylic acids is 1. The van der Waals surface area contributed by atoms with Gasteiger partial charge >= 0.3 is 0 Å². The molecule has 5 heteroatoms. The van der Waals surface area contributed by atoms with E-state index in [0.717, 1.165) is 11.1 Å². The summed E-state index contributed by atoms with van der Waals surface area (Å²) in [6.45, 7) is 0. The van der Waals surface area contributed by atoms with Crippen LogP contribution in [0.3, 0.4) is 0 Å². The minimum absolute atomic E-state index is 0.119. The molecule has 1 amide bonds. The van der Waals surface area contributed by atoms with Crippen LogP contribution in [0, 0.1) is 0 Å². The normalized spacial score (nSPS) is 10.7. The highest BCUT2D eigenvalue weighted by Gasteiger charge is 2.09. The van der Waals surface area contributed by atoms with E-state index in [1.807, 2.05) is 42.5 Å². The van der Waals surface area contributed by atoms with E-state index in [4.69, 9.17) is 11.6 Å². The Balaban J connectivity index is 1.76. The average molecular weight is 286 g/mol. The average Bonchev–Trinajstić information content (AvgIpc) is 2.83. The van der Waals surface area contributed by atoms with Crippen LogP contribution in [0.25, 0.3) is 11.0 Å². The molecule has 2 N–H and O–H groups in total. The molecule has 0 aliphatic carbocycles. The maximum atomic E-state index is 11.9. The molecule has 0 saturated carbocycles. The molecule has 0 radical (unpaired) electrons. The maximum absolute atomic E-state index is 11.9. The number of para-hydroxylation sites is 1. The van der Waals surface area contributed by atoms with Crippen LogP contribution in [0.1, 0.15) is 5.56 Å². The topological polar surface area (TPSA) is 57.8 Å². The molecule has 4 nitrogen and oxygen atoms in total. The van der Waals surface area contributed by atoms with Crippen LogP contribution >= 0.6 is 11.6 Å². The number of halogens is 1. The van der Waals surface area contributed by atoms with Crippen molar-refractivity contribution in [2.75, 3.05) is 5.32 Å². The Hall–Kier alpha value is -2.33. The summed E-state index contributed by atoms with van der Waals surface area (Å²) in [5.41, 5.74) is 2.41. The number of benzene rings is 2. The lowest BCUT2D eigenvalue weighted by Crippen LogP contribution is -2.15. The second-order valence-electron chi connectivity index (χ2n) is 4.43. The minimum Gasteiger partial charge on any atom is -0.324 e. The zero-order chi connectivity index (χ0) is 13.9. The monoisotopic (exact) mass is 285 g/mol. The third-order valence-electron chi connectivity index (χ3n) is 2.93. The predicted molar refractivity (Wildman–Crippen MR) is 79.9 cm³/mol. The van der Waals surface area contributed by atoms with E-state index in [9.17, 15) is 4.79 Å². The highest BCUT2D eigenvalue weighted by molar-refractivity contribution is 6.35. The first kappa shape index (κ1) is 12.7. The summed E-state index contributed by atoms with van der Waals surface area (Å²) in [5.74, 6) is 0.292. The van der Waals surface area contributed by atoms with E-state index >= 15 is 0 Å². The number of H-pyrrole nitrogens is 1. The van der Waals surface area contributed by atoms with Gasteiger partial charge in [0.1, 0.15) is 5.52 Å². The molecule has 0 aliphatic heterocycles. The lowest BCUT2D eigenvalue weighted by Gasteiger charge is -2.01. The van der Waals surface area contributed by atoms with E-state index in [1.165, 1.54) is 0 Å². The number of aromatic nitrogens is 2. The third-order valence-corrected chi connectivity index (χ3v) is 3.23. The molecule has 0 bridgehead atoms. The van der Waals surface area contributed by atoms with Gasteiger partial charge < -0.3 is 4.98 Å². The van der Waals surface area contributed by atoms with Crippen LogP contribution in [-0.2, 0) is 11.2 Å². The summed E-state index contributed by atoms with van der Waals surface area (Å²) in [5, 5.41) is 3.30. The van der Waals surface area contributed by atoms with Crippen LogP contribution < -0.4 is 5.32 Å². The molecular weight excluding hydrogens is 274 g/mol. The van der Waals surface area contributed by atoms with Gasteiger partial charge in [0.2, 0.25) is 11.9 Å². The van der Waals surface area contributed by atoms with Gasteiger partial charge in [-0.1, -0.05) is 48.0 Å². The van der Waals surface area contributed by atoms with E-state index < -0.39 is 0 Å². The first-order valence-electron chi connectivity index (χ1n) is 6.20. The SMILES string of the molecule is O=C(Cc1ccccc1)Nc1nc2c(Cl)cccc2[nH]1. The molecule has 0 aliphatic rings. The number of aromatic amines is 1. The molecule has 0 atom stereocenters. The first-order chi connectivity index (χ1) is 9.72. The number of hydrogen-bond donors (Lipinski definition) is 2. The molecule has 0 spiro atoms. The van der Waals surface area contributed by atoms with Gasteiger partial charge in [-0.05, 0) is 17.7 Å². The van der Waals surface area contributed by atoms with Crippen LogP contribution in [0.4, 0.5) is 5.95 Å². The lowest BCUT2D eigenvalue weighted by molar-refractivity contribution is -0.115. The van der Waals surface area contributed by atoms with Crippen molar-refractivity contribution in [3.8, 4) is 0 Å². The van der Waals surface area contributed by atoms with Gasteiger partial charge in [-0.25, -0.2) is 4.98 Å². The summed E-state index contributed by atoms with van der Waals surface area (Å²) in [6, 6.07) is 15.0. The third kappa shape index (κ3) is 2.65. The van der Waals surface area contributed by atoms with Crippen LogP contribution in [0.5, 0.6) is 0 Å². The Kier molecular flexibility index (Phi) is 3.39. The van der Waals surface area contributed by atoms with Crippen LogP contribution in [0.15, 0.2) is 48.5 Å². The van der Waals surface area contributed by atoms with Crippen molar-refractivity contribution in [2.45, 2.75) is 6.42 Å². The van der Waals surface area contributed by atoms with Crippen LogP contribution in [-0.4, -0.2) is 15.9 Å². The number of imidazole rings is 1. The zero-order valence-electron chi connectivity index (χ0n) is 10.6. The minimum atomic E-state index is -0.119. The van der Waals surface area contributed by atoms with Gasteiger partial charge in [0.25, 0.3) is 0 Å². The molecule has 3 rings (SSSR count). The lowest BCUT2D eigenvalue weighted by atomic mass is 10.1. The Morgan fingerprint density at radius 3 is 2.70 bits per heavy atom. The van der Waals surface area contributed by atoms with E-state index in [0.29, 0.717) is 22.9 Å². The molecule has 0 saturated heterocycles. The molecular formula is C15H12ClN3O. The summed E-state index contributed by atoms with van der Waals surface area (Å²) in [7, 11) is 0. The molecule has 3 aromatic rings. The number of anilines is 1. The van der Waals surface area contributed by atoms with Crippen molar-refractivity contribution in [3.05, 3.63) is 59.1 Å². The van der Waals surface area contributed by atoms with Crippen molar-refractivity contribution in [1.29, 1.82) is 0 Å². The van der Waals surface area contributed by atoms with E-state index in [2.05, 4.69) is 15.3 Å². The Morgan fingerprint density at radius 1 is 1.15 bits per heavy atom. The Labute approximate surface area is 120 Å². The van der Waals surface area contributed by atoms with Crippen molar-refractivity contribution >= 4 is 34.5 Å². The number of hydrogen-bond acceptors (Lipinski definition) is 2. The van der Waals surface area contributed by atoms with E-state index in [1.54, 1.807) is 6.07 Å². The molecule has 100 valence electrons. The van der Waals surface area contributed by atoms with Crippen molar-refractivity contribution in [3.63, 3.8) is 0 Å². The largest absolute Gasteiger partial charge is 0.324 e. The number of rotatable bonds is 3. The Morgan fingerprint density at radius 2 is 1.95 bits per heavy atom. The smallest absolute Gasteiger partial charge is 0.231 e. The quantitative estimate of drug-likeness (QED) is 0.775. The summed E-state index contributed by atoms with van der Waals surface area (Å²) in [6.07, 6.45) is 0.311. The molecule has 20 heavy (non-hydrogen) atoms. The number of nitrogens with zero attached hydrogens (tertiary/aromatic N) is 1. The van der Waals surface area contributed by atoms with Gasteiger partial charge in [0, 0.05) is 0 Å². The highest BCUT2D eigenvalue weighted by Crippen LogP contribution is 2.22. The van der Waals surface area contributed by atoms with Crippen molar-refractivity contribution < 1.29 is 4.79 Å². The molecule has 0 fully saturated rings.